The fourth-order valence-electron chi connectivity index (χ4n) is 3.55. The largest absolute Gasteiger partial charge is 0.508 e. The van der Waals surface area contributed by atoms with Crippen molar-refractivity contribution in [2.45, 2.75) is 45.6 Å². The minimum atomic E-state index is 0.0284. The van der Waals surface area contributed by atoms with Crippen LogP contribution in [0.15, 0.2) is 24.3 Å². The van der Waals surface area contributed by atoms with Gasteiger partial charge in [0.05, 0.1) is 11.4 Å². The van der Waals surface area contributed by atoms with Gasteiger partial charge >= 0.3 is 0 Å². The SMILES string of the molecule is CC[C@H](Nc1nc(C)nc2sc3c(c12)CCC3)c1ccccc1O. The number of hydrogen-bond donors (Lipinski definition) is 2. The highest BCUT2D eigenvalue weighted by Crippen LogP contribution is 2.40. The maximum atomic E-state index is 10.2. The maximum Gasteiger partial charge on any atom is 0.139 e. The minimum absolute atomic E-state index is 0.0284. The van der Waals surface area contributed by atoms with Crippen molar-refractivity contribution in [3.05, 3.63) is 46.1 Å². The Hall–Kier alpha value is -2.14. The van der Waals surface area contributed by atoms with Crippen LogP contribution in [0.25, 0.3) is 10.2 Å². The number of para-hydroxylation sites is 1. The summed E-state index contributed by atoms with van der Waals surface area (Å²) < 4.78 is 0. The summed E-state index contributed by atoms with van der Waals surface area (Å²) >= 11 is 1.81. The van der Waals surface area contributed by atoms with Gasteiger partial charge in [-0.25, -0.2) is 9.97 Å². The molecule has 0 spiro atoms. The molecule has 1 aliphatic carbocycles. The number of anilines is 1. The van der Waals surface area contributed by atoms with Gasteiger partial charge in [0.1, 0.15) is 22.2 Å². The van der Waals surface area contributed by atoms with Gasteiger partial charge in [-0.15, -0.1) is 11.3 Å². The van der Waals surface area contributed by atoms with Gasteiger partial charge in [-0.3, -0.25) is 0 Å². The highest BCUT2D eigenvalue weighted by Gasteiger charge is 2.23. The standard InChI is InChI=1S/C19H21N3OS/c1-3-14(12-7-4-5-9-15(12)23)22-18-17-13-8-6-10-16(13)24-19(17)21-11(2)20-18/h4-5,7,9,14,23H,3,6,8,10H2,1-2H3,(H,20,21,22)/t14-/m0/s1. The summed E-state index contributed by atoms with van der Waals surface area (Å²) in [5.74, 6) is 2.03. The second-order valence-corrected chi connectivity index (χ2v) is 7.40. The average molecular weight is 339 g/mol. The van der Waals surface area contributed by atoms with E-state index in [1.54, 1.807) is 6.07 Å². The molecule has 0 bridgehead atoms. The highest BCUT2D eigenvalue weighted by molar-refractivity contribution is 7.19. The molecule has 4 rings (SSSR count). The second kappa shape index (κ2) is 6.06. The highest BCUT2D eigenvalue weighted by atomic mass is 32.1. The molecule has 1 aliphatic rings. The van der Waals surface area contributed by atoms with Crippen LogP contribution in [0.2, 0.25) is 0 Å². The third-order valence-electron chi connectivity index (χ3n) is 4.71. The van der Waals surface area contributed by atoms with Crippen molar-refractivity contribution in [3.8, 4) is 5.75 Å². The summed E-state index contributed by atoms with van der Waals surface area (Å²) in [6.45, 7) is 4.06. The summed E-state index contributed by atoms with van der Waals surface area (Å²) in [7, 11) is 0. The zero-order chi connectivity index (χ0) is 16.7. The first-order valence-corrected chi connectivity index (χ1v) is 9.32. The quantitative estimate of drug-likeness (QED) is 0.720. The van der Waals surface area contributed by atoms with Crippen LogP contribution in [0.5, 0.6) is 5.75 Å². The first kappa shape index (κ1) is 15.4. The number of nitrogens with one attached hydrogen (secondary N) is 1. The molecule has 0 aliphatic heterocycles. The molecule has 0 fully saturated rings. The molecule has 2 heterocycles. The number of phenols is 1. The summed E-state index contributed by atoms with van der Waals surface area (Å²) in [6, 6.07) is 7.55. The fraction of sp³-hybridized carbons (Fsp3) is 0.368. The van der Waals surface area contributed by atoms with Crippen molar-refractivity contribution < 1.29 is 5.11 Å². The lowest BCUT2D eigenvalue weighted by Crippen LogP contribution is -2.12. The van der Waals surface area contributed by atoms with Gasteiger partial charge in [-0.1, -0.05) is 25.1 Å². The van der Waals surface area contributed by atoms with E-state index in [1.165, 1.54) is 22.2 Å². The van der Waals surface area contributed by atoms with Crippen molar-refractivity contribution in [1.29, 1.82) is 0 Å². The van der Waals surface area contributed by atoms with Crippen molar-refractivity contribution in [2.24, 2.45) is 0 Å². The van der Waals surface area contributed by atoms with Crippen molar-refractivity contribution in [1.82, 2.24) is 9.97 Å². The Morgan fingerprint density at radius 3 is 2.88 bits per heavy atom. The molecule has 4 nitrogen and oxygen atoms in total. The molecule has 24 heavy (non-hydrogen) atoms. The molecule has 124 valence electrons. The predicted octanol–water partition coefficient (Wildman–Crippen LogP) is 4.76. The van der Waals surface area contributed by atoms with Gasteiger partial charge in [-0.2, -0.15) is 0 Å². The van der Waals surface area contributed by atoms with Gasteiger partial charge in [0.15, 0.2) is 0 Å². The topological polar surface area (TPSA) is 58.0 Å². The number of thiophene rings is 1. The van der Waals surface area contributed by atoms with Crippen molar-refractivity contribution in [2.75, 3.05) is 5.32 Å². The van der Waals surface area contributed by atoms with E-state index >= 15 is 0 Å². The van der Waals surface area contributed by atoms with Gasteiger partial charge in [-0.05, 0) is 44.2 Å². The fourth-order valence-corrected chi connectivity index (χ4v) is 4.86. The van der Waals surface area contributed by atoms with Gasteiger partial charge < -0.3 is 10.4 Å². The Balaban J connectivity index is 1.80. The molecule has 1 aromatic carbocycles. The third kappa shape index (κ3) is 2.53. The molecule has 5 heteroatoms. The lowest BCUT2D eigenvalue weighted by molar-refractivity contribution is 0.462. The molecule has 0 saturated carbocycles. The van der Waals surface area contributed by atoms with Crippen LogP contribution < -0.4 is 5.32 Å². The first-order chi connectivity index (χ1) is 11.7. The van der Waals surface area contributed by atoms with Crippen molar-refractivity contribution >= 4 is 27.4 Å². The van der Waals surface area contributed by atoms with Crippen LogP contribution in [0.3, 0.4) is 0 Å². The minimum Gasteiger partial charge on any atom is -0.508 e. The van der Waals surface area contributed by atoms with Crippen LogP contribution in [0, 0.1) is 6.92 Å². The molecular weight excluding hydrogens is 318 g/mol. The number of rotatable bonds is 4. The number of fused-ring (bicyclic) bond motifs is 3. The van der Waals surface area contributed by atoms with Crippen LogP contribution >= 0.6 is 11.3 Å². The van der Waals surface area contributed by atoms with Gasteiger partial charge in [0.2, 0.25) is 0 Å². The Labute approximate surface area is 145 Å². The lowest BCUT2D eigenvalue weighted by Gasteiger charge is -2.20. The number of benzene rings is 1. The van der Waals surface area contributed by atoms with Crippen molar-refractivity contribution in [3.63, 3.8) is 0 Å². The van der Waals surface area contributed by atoms with Gasteiger partial charge in [0, 0.05) is 10.4 Å². The van der Waals surface area contributed by atoms with Gasteiger partial charge in [0.25, 0.3) is 0 Å². The number of phenolic OH excluding ortho intramolecular Hbond substituents is 1. The molecular formula is C19H21N3OS. The maximum absolute atomic E-state index is 10.2. The molecule has 0 amide bonds. The van der Waals surface area contributed by atoms with Crippen LogP contribution in [0.1, 0.15) is 47.6 Å². The number of hydrogen-bond acceptors (Lipinski definition) is 5. The zero-order valence-corrected chi connectivity index (χ0v) is 14.8. The molecule has 0 radical (unpaired) electrons. The van der Waals surface area contributed by atoms with Crippen LogP contribution in [-0.4, -0.2) is 15.1 Å². The Kier molecular flexibility index (Phi) is 3.88. The Morgan fingerprint density at radius 2 is 2.08 bits per heavy atom. The predicted molar refractivity (Wildman–Crippen MR) is 98.9 cm³/mol. The molecule has 2 aromatic heterocycles. The number of nitrogens with zero attached hydrogens (tertiary/aromatic N) is 2. The van der Waals surface area contributed by atoms with Crippen LogP contribution in [-0.2, 0) is 12.8 Å². The van der Waals surface area contributed by atoms with E-state index in [1.807, 2.05) is 36.5 Å². The van der Waals surface area contributed by atoms with E-state index in [0.717, 1.165) is 41.3 Å². The van der Waals surface area contributed by atoms with E-state index in [9.17, 15) is 5.11 Å². The summed E-state index contributed by atoms with van der Waals surface area (Å²) in [4.78, 5) is 11.9. The summed E-state index contributed by atoms with van der Waals surface area (Å²) in [6.07, 6.45) is 4.37. The zero-order valence-electron chi connectivity index (χ0n) is 14.0. The number of aromatic nitrogens is 2. The van der Waals surface area contributed by atoms with E-state index in [0.29, 0.717) is 5.75 Å². The second-order valence-electron chi connectivity index (χ2n) is 6.32. The Morgan fingerprint density at radius 1 is 1.25 bits per heavy atom. The van der Waals surface area contributed by atoms with E-state index in [4.69, 9.17) is 4.98 Å². The molecule has 1 atom stereocenters. The van der Waals surface area contributed by atoms with E-state index in [2.05, 4.69) is 17.2 Å². The first-order valence-electron chi connectivity index (χ1n) is 8.50. The van der Waals surface area contributed by atoms with E-state index in [-0.39, 0.29) is 6.04 Å². The smallest absolute Gasteiger partial charge is 0.139 e. The molecule has 0 saturated heterocycles. The normalized spacial score (nSPS) is 14.8. The lowest BCUT2D eigenvalue weighted by atomic mass is 10.0. The number of aryl methyl sites for hydroxylation is 3. The molecule has 0 unspecified atom stereocenters. The summed E-state index contributed by atoms with van der Waals surface area (Å²) in [5.41, 5.74) is 2.33. The average Bonchev–Trinajstić information content (AvgIpc) is 3.13. The Bertz CT molecular complexity index is 903. The monoisotopic (exact) mass is 339 g/mol. The summed E-state index contributed by atoms with van der Waals surface area (Å²) in [5, 5.41) is 15.0. The molecule has 2 N–H and O–H groups in total. The van der Waals surface area contributed by atoms with E-state index < -0.39 is 0 Å². The number of aromatic hydroxyl groups is 1. The third-order valence-corrected chi connectivity index (χ3v) is 5.89. The molecule has 3 aromatic rings. The van der Waals surface area contributed by atoms with Crippen LogP contribution in [0.4, 0.5) is 5.82 Å².